The molecule has 0 bridgehead atoms. The van der Waals surface area contributed by atoms with E-state index in [1.807, 2.05) is 41.5 Å². The molecule has 11 heteroatoms. The van der Waals surface area contributed by atoms with E-state index >= 15 is 0 Å². The van der Waals surface area contributed by atoms with Crippen LogP contribution >= 0.6 is 7.82 Å². The number of esters is 2. The second-order valence-electron chi connectivity index (χ2n) is 16.5. The van der Waals surface area contributed by atoms with Gasteiger partial charge in [-0.2, -0.15) is 0 Å². The van der Waals surface area contributed by atoms with E-state index in [0.29, 0.717) is 0 Å². The Balaban J connectivity index is 2.03. The van der Waals surface area contributed by atoms with E-state index in [9.17, 15) is 14.2 Å². The predicted octanol–water partition coefficient (Wildman–Crippen LogP) is 12.4. The van der Waals surface area contributed by atoms with Crippen molar-refractivity contribution in [1.29, 1.82) is 0 Å². The second kappa shape index (κ2) is 26.3. The Hall–Kier alpha value is -2.91. The summed E-state index contributed by atoms with van der Waals surface area (Å²) in [7, 11) is -4.38. The molecular formula is C47H77O10P. The fraction of sp³-hybridized carbons (Fsp3) is 0.702. The Bertz CT molecular complexity index is 1550. The fourth-order valence-electron chi connectivity index (χ4n) is 6.86. The molecule has 0 fully saturated rings. The standard InChI is InChI=1S/C47H77O10P/c1-13-40(14-2)30-52-43(48)32-55-58(50,56-33-44(49)53-31-41(15-3)16-4)54-29-28-51-45-37(9)38(10)46-42(39(45)11)25-27-47(12,57-46)26-19-24-36(8)23-18-22-35(7)21-17-20-34(5)6/h20,22,24,40-41H,13-19,21,23,25-33H2,1-12H3/b35-22+,36-24+/t47-/m0/s1. The van der Waals surface area contributed by atoms with Crippen molar-refractivity contribution in [3.05, 3.63) is 57.2 Å². The number of phosphoric ester groups is 1. The van der Waals surface area contributed by atoms with Crippen LogP contribution in [0.5, 0.6) is 11.5 Å². The van der Waals surface area contributed by atoms with Crippen molar-refractivity contribution in [1.82, 2.24) is 0 Å². The number of fused-ring (bicyclic) bond motifs is 1. The molecule has 58 heavy (non-hydrogen) atoms. The van der Waals surface area contributed by atoms with Gasteiger partial charge < -0.3 is 18.9 Å². The SMILES string of the molecule is CCC(CC)COC(=O)COP(=O)(OCCOc1c(C)c(C)c2c(c1C)CC[C@](C)(CC/C=C(\C)CC/C=C(\C)CCC=C(C)C)O2)OCC(=O)OCC(CC)CC. The van der Waals surface area contributed by atoms with Crippen molar-refractivity contribution in [2.45, 2.75) is 166 Å². The Labute approximate surface area is 351 Å². The van der Waals surface area contributed by atoms with Crippen molar-refractivity contribution in [2.24, 2.45) is 11.8 Å². The Morgan fingerprint density at radius 2 is 1.24 bits per heavy atom. The number of ether oxygens (including phenoxy) is 4. The van der Waals surface area contributed by atoms with E-state index in [-0.39, 0.29) is 43.9 Å². The number of carbonyl (C=O) groups excluding carboxylic acids is 2. The molecule has 0 unspecified atom stereocenters. The highest BCUT2D eigenvalue weighted by atomic mass is 31.2. The maximum atomic E-state index is 13.6. The van der Waals surface area contributed by atoms with Crippen LogP contribution in [0.3, 0.4) is 0 Å². The van der Waals surface area contributed by atoms with Gasteiger partial charge in [0, 0.05) is 5.56 Å². The van der Waals surface area contributed by atoms with Crippen LogP contribution in [0, 0.1) is 32.6 Å². The largest absolute Gasteiger partial charge is 0.491 e. The van der Waals surface area contributed by atoms with Crippen molar-refractivity contribution in [3.63, 3.8) is 0 Å². The summed E-state index contributed by atoms with van der Waals surface area (Å²) in [4.78, 5) is 24.9. The molecule has 0 aliphatic carbocycles. The third-order valence-electron chi connectivity index (χ3n) is 11.4. The van der Waals surface area contributed by atoms with Gasteiger partial charge in [-0.25, -0.2) is 14.2 Å². The van der Waals surface area contributed by atoms with Crippen molar-refractivity contribution in [3.8, 4) is 11.5 Å². The van der Waals surface area contributed by atoms with Crippen LogP contribution in [0.4, 0.5) is 0 Å². The van der Waals surface area contributed by atoms with Gasteiger partial charge in [0.2, 0.25) is 0 Å². The highest BCUT2D eigenvalue weighted by Crippen LogP contribution is 2.49. The van der Waals surface area contributed by atoms with E-state index in [4.69, 9.17) is 32.5 Å². The van der Waals surface area contributed by atoms with E-state index in [0.717, 1.165) is 111 Å². The second-order valence-corrected chi connectivity index (χ2v) is 18.1. The molecule has 0 saturated heterocycles. The molecular weight excluding hydrogens is 755 g/mol. The molecule has 330 valence electrons. The lowest BCUT2D eigenvalue weighted by Gasteiger charge is -2.38. The minimum Gasteiger partial charge on any atom is -0.491 e. The maximum absolute atomic E-state index is 13.6. The average Bonchev–Trinajstić information content (AvgIpc) is 3.18. The predicted molar refractivity (Wildman–Crippen MR) is 234 cm³/mol. The van der Waals surface area contributed by atoms with Crippen LogP contribution in [-0.4, -0.2) is 57.2 Å². The smallest absolute Gasteiger partial charge is 0.476 e. The highest BCUT2D eigenvalue weighted by molar-refractivity contribution is 7.48. The number of hydrogen-bond acceptors (Lipinski definition) is 10. The summed E-state index contributed by atoms with van der Waals surface area (Å²) in [5.41, 5.74) is 8.09. The Kier molecular flexibility index (Phi) is 23.3. The molecule has 0 amide bonds. The summed E-state index contributed by atoms with van der Waals surface area (Å²) in [6.45, 7) is 24.1. The van der Waals surface area contributed by atoms with Crippen molar-refractivity contribution in [2.75, 3.05) is 39.6 Å². The fourth-order valence-corrected chi connectivity index (χ4v) is 7.91. The zero-order chi connectivity index (χ0) is 43.3. The van der Waals surface area contributed by atoms with Crippen LogP contribution < -0.4 is 9.47 Å². The molecule has 1 aromatic carbocycles. The van der Waals surface area contributed by atoms with Gasteiger partial charge in [0.05, 0.1) is 19.8 Å². The summed E-state index contributed by atoms with van der Waals surface area (Å²) in [6.07, 6.45) is 18.5. The lowest BCUT2D eigenvalue weighted by molar-refractivity contribution is -0.149. The third-order valence-corrected chi connectivity index (χ3v) is 12.8. The molecule has 1 aliphatic heterocycles. The number of allylic oxidation sites excluding steroid dienone is 6. The lowest BCUT2D eigenvalue weighted by Crippen LogP contribution is -2.37. The summed E-state index contributed by atoms with van der Waals surface area (Å²) in [5.74, 6) is 0.679. The van der Waals surface area contributed by atoms with Gasteiger partial charge in [0.25, 0.3) is 0 Å². The number of hydrogen-bond donors (Lipinski definition) is 0. The molecule has 10 nitrogen and oxygen atoms in total. The van der Waals surface area contributed by atoms with Gasteiger partial charge in [-0.15, -0.1) is 0 Å². The summed E-state index contributed by atoms with van der Waals surface area (Å²) in [5, 5.41) is 0. The van der Waals surface area contributed by atoms with Crippen LogP contribution in [0.25, 0.3) is 0 Å². The number of phosphoric acid groups is 1. The van der Waals surface area contributed by atoms with Crippen LogP contribution in [-0.2, 0) is 43.6 Å². The van der Waals surface area contributed by atoms with Crippen LogP contribution in [0.2, 0.25) is 0 Å². The Morgan fingerprint density at radius 3 is 1.76 bits per heavy atom. The third kappa shape index (κ3) is 18.1. The van der Waals surface area contributed by atoms with E-state index in [1.54, 1.807) is 0 Å². The van der Waals surface area contributed by atoms with Gasteiger partial charge in [-0.3, -0.25) is 13.6 Å². The zero-order valence-electron chi connectivity index (χ0n) is 38.1. The van der Waals surface area contributed by atoms with Gasteiger partial charge in [0.1, 0.15) is 23.7 Å². The van der Waals surface area contributed by atoms with Crippen LogP contribution in [0.15, 0.2) is 34.9 Å². The van der Waals surface area contributed by atoms with Crippen LogP contribution in [0.1, 0.15) is 155 Å². The normalized spacial score (nSPS) is 16.0. The summed E-state index contributed by atoms with van der Waals surface area (Å²) >= 11 is 0. The minimum atomic E-state index is -4.38. The monoisotopic (exact) mass is 833 g/mol. The maximum Gasteiger partial charge on any atom is 0.476 e. The first-order chi connectivity index (χ1) is 27.5. The first-order valence-electron chi connectivity index (χ1n) is 21.7. The molecule has 2 rings (SSSR count). The molecule has 0 N–H and O–H groups in total. The van der Waals surface area contributed by atoms with Gasteiger partial charge in [-0.05, 0) is 135 Å². The highest BCUT2D eigenvalue weighted by Gasteiger charge is 2.35. The molecule has 1 aliphatic rings. The van der Waals surface area contributed by atoms with Crippen molar-refractivity contribution < 1.29 is 46.7 Å². The van der Waals surface area contributed by atoms with Gasteiger partial charge in [0.15, 0.2) is 13.2 Å². The number of carbonyl (C=O) groups is 2. The number of benzene rings is 1. The number of rotatable bonds is 28. The van der Waals surface area contributed by atoms with Crippen molar-refractivity contribution >= 4 is 19.8 Å². The summed E-state index contributed by atoms with van der Waals surface area (Å²) in [6, 6.07) is 0. The minimum absolute atomic E-state index is 0.0182. The molecule has 0 spiro atoms. The molecule has 1 aromatic rings. The Morgan fingerprint density at radius 1 is 0.724 bits per heavy atom. The first-order valence-corrected chi connectivity index (χ1v) is 23.2. The van der Waals surface area contributed by atoms with E-state index in [1.165, 1.54) is 16.7 Å². The lowest BCUT2D eigenvalue weighted by atomic mass is 9.85. The molecule has 1 heterocycles. The summed E-state index contributed by atoms with van der Waals surface area (Å²) < 4.78 is 53.6. The van der Waals surface area contributed by atoms with Gasteiger partial charge >= 0.3 is 19.8 Å². The zero-order valence-corrected chi connectivity index (χ0v) is 39.0. The molecule has 0 radical (unpaired) electrons. The quantitative estimate of drug-likeness (QED) is 0.0350. The van der Waals surface area contributed by atoms with Gasteiger partial charge in [-0.1, -0.05) is 88.3 Å². The molecule has 0 saturated carbocycles. The molecule has 0 aromatic heterocycles. The van der Waals surface area contributed by atoms with E-state index < -0.39 is 33.0 Å². The molecule has 1 atom stereocenters. The van der Waals surface area contributed by atoms with E-state index in [2.05, 4.69) is 59.8 Å². The average molecular weight is 833 g/mol. The first kappa shape index (κ1) is 51.2. The topological polar surface area (TPSA) is 116 Å².